The Balaban J connectivity index is 1.82. The Labute approximate surface area is 142 Å². The van der Waals surface area contributed by atoms with Crippen molar-refractivity contribution in [3.8, 4) is 0 Å². The number of hydrogen-bond acceptors (Lipinski definition) is 6. The van der Waals surface area contributed by atoms with E-state index in [1.165, 1.54) is 6.08 Å². The predicted molar refractivity (Wildman–Crippen MR) is 89.1 cm³/mol. The monoisotopic (exact) mass is 341 g/mol. The number of nitrogens with one attached hydrogen (secondary N) is 1. The Kier molecular flexibility index (Phi) is 10.7. The fraction of sp³-hybridized carbons (Fsp3) is 0.625. The number of carbonyl (C=O) groups is 2. The van der Waals surface area contributed by atoms with E-state index in [2.05, 4.69) is 11.9 Å². The van der Waals surface area contributed by atoms with Gasteiger partial charge < -0.3 is 30.2 Å². The Hall–Kier alpha value is -1.74. The van der Waals surface area contributed by atoms with E-state index in [4.69, 9.17) is 19.9 Å². The van der Waals surface area contributed by atoms with Crippen LogP contribution in [-0.2, 0) is 23.8 Å². The molecule has 0 aromatic rings. The molecule has 0 aromatic heterocycles. The quantitative estimate of drug-likeness (QED) is 0.410. The first-order chi connectivity index (χ1) is 11.6. The third-order valence-electron chi connectivity index (χ3n) is 3.17. The van der Waals surface area contributed by atoms with Crippen LogP contribution < -0.4 is 11.1 Å². The van der Waals surface area contributed by atoms with Gasteiger partial charge in [0.25, 0.3) is 5.91 Å². The molecule has 0 saturated heterocycles. The molecule has 2 amide bonds. The van der Waals surface area contributed by atoms with E-state index >= 15 is 0 Å². The van der Waals surface area contributed by atoms with Crippen molar-refractivity contribution >= 4 is 11.8 Å². The number of amides is 2. The van der Waals surface area contributed by atoms with Gasteiger partial charge in [-0.3, -0.25) is 9.59 Å². The zero-order chi connectivity index (χ0) is 17.6. The van der Waals surface area contributed by atoms with Gasteiger partial charge in [0.05, 0.1) is 39.6 Å². The van der Waals surface area contributed by atoms with Gasteiger partial charge in [-0.1, -0.05) is 6.58 Å². The summed E-state index contributed by atoms with van der Waals surface area (Å²) in [5.41, 5.74) is 5.97. The van der Waals surface area contributed by atoms with Crippen molar-refractivity contribution in [2.45, 2.75) is 6.42 Å². The van der Waals surface area contributed by atoms with Crippen LogP contribution in [0.5, 0.6) is 0 Å². The van der Waals surface area contributed by atoms with Gasteiger partial charge in [-0.15, -0.1) is 0 Å². The van der Waals surface area contributed by atoms with Crippen molar-refractivity contribution in [3.05, 3.63) is 24.4 Å². The maximum atomic E-state index is 11.4. The van der Waals surface area contributed by atoms with Crippen molar-refractivity contribution in [2.75, 3.05) is 59.3 Å². The second-order valence-corrected chi connectivity index (χ2v) is 5.04. The van der Waals surface area contributed by atoms with Crippen LogP contribution in [0.4, 0.5) is 0 Å². The topological polar surface area (TPSA) is 103 Å². The fourth-order valence-corrected chi connectivity index (χ4v) is 1.91. The minimum Gasteiger partial charge on any atom is -0.379 e. The minimum atomic E-state index is -0.0656. The highest BCUT2D eigenvalue weighted by Gasteiger charge is 2.17. The molecular weight excluding hydrogens is 314 g/mol. The summed E-state index contributed by atoms with van der Waals surface area (Å²) in [5.74, 6) is -0.127. The minimum absolute atomic E-state index is 0.0614. The van der Waals surface area contributed by atoms with E-state index in [0.29, 0.717) is 71.4 Å². The summed E-state index contributed by atoms with van der Waals surface area (Å²) in [6.07, 6.45) is 3.50. The normalized spacial score (nSPS) is 13.8. The molecule has 0 atom stereocenters. The van der Waals surface area contributed by atoms with Gasteiger partial charge in [0.1, 0.15) is 0 Å². The molecule has 1 aliphatic heterocycles. The lowest BCUT2D eigenvalue weighted by Gasteiger charge is -2.16. The first-order valence-electron chi connectivity index (χ1n) is 8.03. The molecule has 1 aliphatic rings. The Morgan fingerprint density at radius 1 is 1.08 bits per heavy atom. The SMILES string of the molecule is C=C1C=CC(=O)N1CCOCCOCCOCCC(=O)NCCN. The average Bonchev–Trinajstić information content (AvgIpc) is 2.89. The summed E-state index contributed by atoms with van der Waals surface area (Å²) < 4.78 is 16.0. The van der Waals surface area contributed by atoms with Crippen molar-refractivity contribution in [3.63, 3.8) is 0 Å². The van der Waals surface area contributed by atoms with Gasteiger partial charge >= 0.3 is 0 Å². The number of rotatable bonds is 14. The number of nitrogens with zero attached hydrogens (tertiary/aromatic N) is 1. The zero-order valence-corrected chi connectivity index (χ0v) is 14.0. The van der Waals surface area contributed by atoms with Gasteiger partial charge in [0.2, 0.25) is 5.91 Å². The van der Waals surface area contributed by atoms with E-state index in [-0.39, 0.29) is 11.8 Å². The molecule has 8 nitrogen and oxygen atoms in total. The molecule has 0 unspecified atom stereocenters. The van der Waals surface area contributed by atoms with Crippen LogP contribution in [0.1, 0.15) is 6.42 Å². The van der Waals surface area contributed by atoms with Gasteiger partial charge in [-0.2, -0.15) is 0 Å². The number of nitrogens with two attached hydrogens (primary N) is 1. The molecule has 0 saturated carbocycles. The molecule has 0 aromatic carbocycles. The Morgan fingerprint density at radius 2 is 1.71 bits per heavy atom. The Bertz CT molecular complexity index is 421. The highest BCUT2D eigenvalue weighted by molar-refractivity contribution is 5.92. The summed E-state index contributed by atoms with van der Waals surface area (Å²) in [7, 11) is 0. The van der Waals surface area contributed by atoms with Crippen LogP contribution in [0, 0.1) is 0 Å². The van der Waals surface area contributed by atoms with Crippen LogP contribution >= 0.6 is 0 Å². The van der Waals surface area contributed by atoms with Crippen LogP contribution in [0.25, 0.3) is 0 Å². The summed E-state index contributed by atoms with van der Waals surface area (Å²) in [5, 5.41) is 2.66. The third-order valence-corrected chi connectivity index (χ3v) is 3.17. The van der Waals surface area contributed by atoms with Crippen molar-refractivity contribution < 1.29 is 23.8 Å². The molecule has 0 fully saturated rings. The summed E-state index contributed by atoms with van der Waals surface area (Å²) in [6, 6.07) is 0. The van der Waals surface area contributed by atoms with Crippen LogP contribution in [0.3, 0.4) is 0 Å². The maximum absolute atomic E-state index is 11.4. The lowest BCUT2D eigenvalue weighted by atomic mass is 10.4. The predicted octanol–water partition coefficient (Wildman–Crippen LogP) is -0.587. The highest BCUT2D eigenvalue weighted by atomic mass is 16.5. The molecule has 0 spiro atoms. The number of ether oxygens (including phenoxy) is 3. The smallest absolute Gasteiger partial charge is 0.251 e. The van der Waals surface area contributed by atoms with E-state index in [9.17, 15) is 9.59 Å². The molecule has 24 heavy (non-hydrogen) atoms. The first kappa shape index (κ1) is 20.3. The number of carbonyl (C=O) groups excluding carboxylic acids is 2. The largest absolute Gasteiger partial charge is 0.379 e. The molecule has 1 rings (SSSR count). The van der Waals surface area contributed by atoms with E-state index in [1.807, 2.05) is 0 Å². The van der Waals surface area contributed by atoms with Gasteiger partial charge in [-0.05, 0) is 6.08 Å². The number of hydrogen-bond donors (Lipinski definition) is 2. The molecule has 3 N–H and O–H groups in total. The second kappa shape index (κ2) is 12.7. The van der Waals surface area contributed by atoms with Crippen molar-refractivity contribution in [1.82, 2.24) is 10.2 Å². The van der Waals surface area contributed by atoms with Crippen molar-refractivity contribution in [1.29, 1.82) is 0 Å². The van der Waals surface area contributed by atoms with E-state index in [0.717, 1.165) is 0 Å². The highest BCUT2D eigenvalue weighted by Crippen LogP contribution is 2.11. The standard InChI is InChI=1S/C16H27N3O5/c1-14-2-3-16(21)19(14)7-9-23-11-13-24-12-10-22-8-4-15(20)18-6-5-17/h2-3H,1,4-13,17H2,(H,18,20). The van der Waals surface area contributed by atoms with Crippen LogP contribution in [0.2, 0.25) is 0 Å². The van der Waals surface area contributed by atoms with Crippen LogP contribution in [0.15, 0.2) is 24.4 Å². The molecule has 0 bridgehead atoms. The molecule has 1 heterocycles. The van der Waals surface area contributed by atoms with Gasteiger partial charge in [0.15, 0.2) is 0 Å². The molecule has 136 valence electrons. The third kappa shape index (κ3) is 8.78. The number of allylic oxidation sites excluding steroid dienone is 1. The maximum Gasteiger partial charge on any atom is 0.251 e. The van der Waals surface area contributed by atoms with Gasteiger partial charge in [-0.25, -0.2) is 0 Å². The van der Waals surface area contributed by atoms with Crippen LogP contribution in [-0.4, -0.2) is 76.0 Å². The van der Waals surface area contributed by atoms with Gasteiger partial charge in [0, 0.05) is 37.8 Å². The summed E-state index contributed by atoms with van der Waals surface area (Å²) in [4.78, 5) is 24.2. The zero-order valence-electron chi connectivity index (χ0n) is 14.0. The van der Waals surface area contributed by atoms with Crippen molar-refractivity contribution in [2.24, 2.45) is 5.73 Å². The van der Waals surface area contributed by atoms with E-state index < -0.39 is 0 Å². The summed E-state index contributed by atoms with van der Waals surface area (Å²) >= 11 is 0. The molecule has 0 radical (unpaired) electrons. The second-order valence-electron chi connectivity index (χ2n) is 5.04. The Morgan fingerprint density at radius 3 is 2.29 bits per heavy atom. The molecular formula is C16H27N3O5. The first-order valence-corrected chi connectivity index (χ1v) is 8.03. The lowest BCUT2D eigenvalue weighted by molar-refractivity contribution is -0.124. The molecule has 8 heteroatoms. The fourth-order valence-electron chi connectivity index (χ4n) is 1.91. The van der Waals surface area contributed by atoms with E-state index in [1.54, 1.807) is 11.0 Å². The lowest BCUT2D eigenvalue weighted by Crippen LogP contribution is -2.29. The molecule has 0 aliphatic carbocycles. The summed E-state index contributed by atoms with van der Waals surface area (Å²) in [6.45, 7) is 7.74. The average molecular weight is 341 g/mol.